The SMILES string of the molecule is C.O=[AsH]([O-])[O-].[Na+].[Na+]. The summed E-state index contributed by atoms with van der Waals surface area (Å²) in [7, 11) is 0. The minimum Gasteiger partial charge on any atom is 1.00 e. The molecule has 0 amide bonds. The number of hydrogen-bond donors (Lipinski definition) is 0. The predicted octanol–water partition coefficient (Wildman–Crippen LogP) is -8.50. The molecule has 0 bridgehead atoms. The van der Waals surface area contributed by atoms with E-state index in [1.807, 2.05) is 0 Å². The van der Waals surface area contributed by atoms with Crippen LogP contribution in [0.25, 0.3) is 0 Å². The van der Waals surface area contributed by atoms with Gasteiger partial charge in [-0.3, -0.25) is 0 Å². The minimum atomic E-state index is -4.08. The van der Waals surface area contributed by atoms with Gasteiger partial charge in [0.2, 0.25) is 0 Å². The third kappa shape index (κ3) is 62.9. The Morgan fingerprint density at radius 3 is 1.14 bits per heavy atom. The smallest absolute Gasteiger partial charge is 1.00 e. The normalized spacial score (nSPS) is 5.00. The van der Waals surface area contributed by atoms with Crippen molar-refractivity contribution >= 4 is 15.3 Å². The van der Waals surface area contributed by atoms with Gasteiger partial charge in [0.25, 0.3) is 0 Å². The van der Waals surface area contributed by atoms with E-state index in [0.29, 0.717) is 0 Å². The predicted molar refractivity (Wildman–Crippen MR) is 14.6 cm³/mol. The molecule has 0 aliphatic rings. The Morgan fingerprint density at radius 1 is 1.14 bits per heavy atom. The molecule has 0 aliphatic carbocycles. The molecule has 0 saturated carbocycles. The average molecular weight is 186 g/mol. The molecule has 0 fully saturated rings. The fourth-order valence-electron chi connectivity index (χ4n) is 0. The van der Waals surface area contributed by atoms with Crippen molar-refractivity contribution < 1.29 is 71.0 Å². The Hall–Kier alpha value is 2.28. The summed E-state index contributed by atoms with van der Waals surface area (Å²) in [4.78, 5) is 0. The summed E-state index contributed by atoms with van der Waals surface area (Å²) < 4.78 is 25.8. The Bertz CT molecular complexity index is 35.9. The van der Waals surface area contributed by atoms with Gasteiger partial charge >= 0.3 is 86.3 Å². The maximum absolute atomic E-state index is 8.58. The minimum absolute atomic E-state index is 0. The molecule has 0 saturated heterocycles. The maximum atomic E-state index is 8.58. The summed E-state index contributed by atoms with van der Waals surface area (Å²) in [6.45, 7) is 0. The van der Waals surface area contributed by atoms with Crippen LogP contribution in [0.2, 0.25) is 0 Å². The van der Waals surface area contributed by atoms with Gasteiger partial charge in [0.05, 0.1) is 0 Å². The Balaban J connectivity index is -0.0000000150. The molecule has 0 aromatic heterocycles. The molecule has 0 N–H and O–H groups in total. The van der Waals surface area contributed by atoms with Crippen LogP contribution in [0.5, 0.6) is 0 Å². The third-order valence-corrected chi connectivity index (χ3v) is 0. The van der Waals surface area contributed by atoms with Crippen molar-refractivity contribution in [3.63, 3.8) is 0 Å². The first-order valence-corrected chi connectivity index (χ1v) is 3.18. The van der Waals surface area contributed by atoms with E-state index in [-0.39, 0.29) is 66.5 Å². The van der Waals surface area contributed by atoms with Crippen molar-refractivity contribution in [3.8, 4) is 0 Å². The molecule has 0 atom stereocenters. The Morgan fingerprint density at radius 2 is 1.14 bits per heavy atom. The summed E-state index contributed by atoms with van der Waals surface area (Å²) >= 11 is -4.08. The van der Waals surface area contributed by atoms with E-state index in [1.54, 1.807) is 0 Å². The molecule has 0 rings (SSSR count). The van der Waals surface area contributed by atoms with E-state index >= 15 is 0 Å². The van der Waals surface area contributed by atoms with Crippen LogP contribution in [-0.2, 0) is 3.74 Å². The molecule has 7 heavy (non-hydrogen) atoms. The number of hydrogen-bond acceptors (Lipinski definition) is 3. The molecule has 0 radical (unpaired) electrons. The largest absolute Gasteiger partial charge is 1.00 e. The monoisotopic (exact) mass is 186 g/mol. The van der Waals surface area contributed by atoms with Crippen molar-refractivity contribution in [1.29, 1.82) is 0 Å². The van der Waals surface area contributed by atoms with E-state index in [4.69, 9.17) is 11.9 Å². The molecule has 0 aromatic carbocycles. The van der Waals surface area contributed by atoms with Crippen LogP contribution in [0, 0.1) is 0 Å². The second kappa shape index (κ2) is 15.7. The average Bonchev–Trinajstić information content (AvgIpc) is 0.811. The van der Waals surface area contributed by atoms with Gasteiger partial charge in [-0.2, -0.15) is 0 Å². The zero-order chi connectivity index (χ0) is 3.58. The zero-order valence-corrected chi connectivity index (χ0v) is 9.82. The quantitative estimate of drug-likeness (QED) is 0.353. The van der Waals surface area contributed by atoms with Crippen LogP contribution in [0.4, 0.5) is 0 Å². The van der Waals surface area contributed by atoms with Gasteiger partial charge in [0.15, 0.2) is 0 Å². The van der Waals surface area contributed by atoms with Crippen LogP contribution in [0.3, 0.4) is 0 Å². The van der Waals surface area contributed by atoms with Crippen molar-refractivity contribution in [1.82, 2.24) is 0 Å². The van der Waals surface area contributed by atoms with Gasteiger partial charge in [0.1, 0.15) is 0 Å². The van der Waals surface area contributed by atoms with Gasteiger partial charge in [0, 0.05) is 0 Å². The molecule has 0 unspecified atom stereocenters. The van der Waals surface area contributed by atoms with E-state index in [2.05, 4.69) is 0 Å². The molecule has 34 valence electrons. The Labute approximate surface area is 92.3 Å². The summed E-state index contributed by atoms with van der Waals surface area (Å²) in [5, 5.41) is 0. The first-order chi connectivity index (χ1) is 1.73. The molecule has 0 spiro atoms. The van der Waals surface area contributed by atoms with E-state index in [1.165, 1.54) is 0 Å². The second-order valence-electron chi connectivity index (χ2n) is 0.250. The summed E-state index contributed by atoms with van der Waals surface area (Å²) in [5.74, 6) is 0. The maximum Gasteiger partial charge on any atom is 1.00 e. The first kappa shape index (κ1) is 22.8. The Kier molecular flexibility index (Phi) is 51.3. The van der Waals surface area contributed by atoms with Gasteiger partial charge in [-0.15, -0.1) is 0 Å². The molecular weight excluding hydrogens is 181 g/mol. The van der Waals surface area contributed by atoms with Gasteiger partial charge < -0.3 is 0 Å². The van der Waals surface area contributed by atoms with Crippen molar-refractivity contribution in [2.45, 2.75) is 7.43 Å². The topological polar surface area (TPSA) is 63.2 Å². The van der Waals surface area contributed by atoms with Crippen LogP contribution >= 0.6 is 0 Å². The fraction of sp³-hybridized carbons (Fsp3) is 1.00. The first-order valence-electron chi connectivity index (χ1n) is 0.612. The van der Waals surface area contributed by atoms with Crippen molar-refractivity contribution in [2.24, 2.45) is 0 Å². The van der Waals surface area contributed by atoms with Gasteiger partial charge in [-0.25, -0.2) is 0 Å². The summed E-state index contributed by atoms with van der Waals surface area (Å²) in [5.41, 5.74) is 0. The van der Waals surface area contributed by atoms with Crippen LogP contribution < -0.4 is 67.3 Å². The standard InChI is InChI=1S/CH4.AsH3O3.2Na/c;2-1(3)4;;/h1H4;1H,(H2,2,3,4);;/q;;2*+1/p-2. The van der Waals surface area contributed by atoms with E-state index in [9.17, 15) is 0 Å². The molecule has 0 aliphatic heterocycles. The van der Waals surface area contributed by atoms with Gasteiger partial charge in [-0.05, 0) is 0 Å². The van der Waals surface area contributed by atoms with Crippen molar-refractivity contribution in [2.75, 3.05) is 0 Å². The van der Waals surface area contributed by atoms with Gasteiger partial charge in [-0.1, -0.05) is 7.43 Å². The summed E-state index contributed by atoms with van der Waals surface area (Å²) in [6, 6.07) is 0. The second-order valence-corrected chi connectivity index (χ2v) is 1.30. The van der Waals surface area contributed by atoms with Crippen molar-refractivity contribution in [3.05, 3.63) is 0 Å². The molecular formula is CH5AsNa2O3. The summed E-state index contributed by atoms with van der Waals surface area (Å²) in [6.07, 6.45) is 0. The number of rotatable bonds is 0. The van der Waals surface area contributed by atoms with Crippen LogP contribution in [0.1, 0.15) is 7.43 Å². The zero-order valence-electron chi connectivity index (χ0n) is 3.72. The molecule has 3 nitrogen and oxygen atoms in total. The molecule has 6 heteroatoms. The van der Waals surface area contributed by atoms with Crippen LogP contribution in [0.15, 0.2) is 0 Å². The van der Waals surface area contributed by atoms with Crippen LogP contribution in [-0.4, -0.2) is 15.3 Å². The van der Waals surface area contributed by atoms with E-state index in [0.717, 1.165) is 0 Å². The molecule has 0 aromatic rings. The third-order valence-electron chi connectivity index (χ3n) is 0. The van der Waals surface area contributed by atoms with E-state index < -0.39 is 15.3 Å². The fourth-order valence-corrected chi connectivity index (χ4v) is 0. The molecule has 0 heterocycles.